The van der Waals surface area contributed by atoms with Gasteiger partial charge in [0.2, 0.25) is 0 Å². The van der Waals surface area contributed by atoms with Crippen molar-refractivity contribution in [3.63, 3.8) is 0 Å². The topological polar surface area (TPSA) is 59.6 Å². The molecule has 5 nitrogen and oxygen atoms in total. The molecule has 5 heteroatoms. The molecular weight excluding hydrogens is 641 g/mol. The van der Waals surface area contributed by atoms with Gasteiger partial charge in [0.25, 0.3) is 0 Å². The summed E-state index contributed by atoms with van der Waals surface area (Å²) in [6.07, 6.45) is 1.78. The summed E-state index contributed by atoms with van der Waals surface area (Å²) in [5.41, 5.74) is 6.71. The maximum absolute atomic E-state index is 14.8. The second-order valence-corrected chi connectivity index (χ2v) is 13.1. The Morgan fingerprint density at radius 1 is 0.423 bits per heavy atom. The number of nitrogens with one attached hydrogen (secondary N) is 2. The minimum atomic E-state index is -0.353. The van der Waals surface area contributed by atoms with E-state index in [2.05, 4.69) is 83.4 Å². The van der Waals surface area contributed by atoms with Gasteiger partial charge in [-0.3, -0.25) is 4.79 Å². The molecule has 264 valence electrons. The Balaban J connectivity index is 1.19. The third-order valence-electron chi connectivity index (χ3n) is 9.31. The van der Waals surface area contributed by atoms with Crippen molar-refractivity contribution < 1.29 is 14.3 Å². The molecular formula is C47H48N2O3. The van der Waals surface area contributed by atoms with Gasteiger partial charge in [-0.25, -0.2) is 0 Å². The lowest BCUT2D eigenvalue weighted by Crippen LogP contribution is -2.35. The summed E-state index contributed by atoms with van der Waals surface area (Å²) in [7, 11) is 0. The van der Waals surface area contributed by atoms with E-state index in [1.54, 1.807) is 0 Å². The number of rotatable bonds is 20. The largest absolute Gasteiger partial charge is 0.489 e. The number of hydrogen-bond acceptors (Lipinski definition) is 5. The van der Waals surface area contributed by atoms with Crippen molar-refractivity contribution in [2.24, 2.45) is 0 Å². The lowest BCUT2D eigenvalue weighted by atomic mass is 9.83. The highest BCUT2D eigenvalue weighted by molar-refractivity contribution is 5.92. The van der Waals surface area contributed by atoms with E-state index in [1.807, 2.05) is 97.1 Å². The molecule has 0 bridgehead atoms. The van der Waals surface area contributed by atoms with Crippen LogP contribution in [0.3, 0.4) is 0 Å². The highest BCUT2D eigenvalue weighted by Crippen LogP contribution is 2.29. The van der Waals surface area contributed by atoms with E-state index in [1.165, 1.54) is 11.1 Å². The van der Waals surface area contributed by atoms with Crippen LogP contribution < -0.4 is 20.1 Å². The Morgan fingerprint density at radius 3 is 1.10 bits per heavy atom. The molecule has 0 radical (unpaired) electrons. The Labute approximate surface area is 308 Å². The van der Waals surface area contributed by atoms with Gasteiger partial charge in [-0.1, -0.05) is 146 Å². The zero-order valence-corrected chi connectivity index (χ0v) is 29.7. The minimum Gasteiger partial charge on any atom is -0.489 e. The Morgan fingerprint density at radius 2 is 0.750 bits per heavy atom. The zero-order chi connectivity index (χ0) is 35.6. The van der Waals surface area contributed by atoms with Gasteiger partial charge < -0.3 is 20.1 Å². The minimum absolute atomic E-state index is 0.176. The average Bonchev–Trinajstić information content (AvgIpc) is 3.21. The Bertz CT molecular complexity index is 1740. The highest BCUT2D eigenvalue weighted by Gasteiger charge is 2.29. The molecule has 0 amide bonds. The summed E-state index contributed by atoms with van der Waals surface area (Å²) in [6, 6.07) is 57.3. The number of ether oxygens (including phenoxy) is 2. The lowest BCUT2D eigenvalue weighted by Gasteiger charge is -2.25. The van der Waals surface area contributed by atoms with Crippen LogP contribution in [0.25, 0.3) is 0 Å². The van der Waals surface area contributed by atoms with Crippen LogP contribution in [0.4, 0.5) is 0 Å². The second-order valence-electron chi connectivity index (χ2n) is 13.1. The first-order chi connectivity index (χ1) is 25.7. The second kappa shape index (κ2) is 19.8. The number of carbonyl (C=O) groups excluding carboxylic acids is 1. The van der Waals surface area contributed by atoms with Gasteiger partial charge in [0.05, 0.1) is 11.8 Å². The predicted octanol–water partition coefficient (Wildman–Crippen LogP) is 8.95. The van der Waals surface area contributed by atoms with Crippen molar-refractivity contribution in [3.05, 3.63) is 203 Å². The fourth-order valence-corrected chi connectivity index (χ4v) is 6.33. The van der Waals surface area contributed by atoms with Gasteiger partial charge >= 0.3 is 0 Å². The average molecular weight is 689 g/mol. The fraction of sp³-hybridized carbons (Fsp3) is 0.213. The number of ketones is 1. The number of hydrogen-bond donors (Lipinski definition) is 2. The van der Waals surface area contributed by atoms with Gasteiger partial charge in [0.15, 0.2) is 0 Å². The van der Waals surface area contributed by atoms with Gasteiger partial charge in [-0.05, 0) is 83.6 Å². The highest BCUT2D eigenvalue weighted by atomic mass is 16.5. The lowest BCUT2D eigenvalue weighted by molar-refractivity contribution is -0.121. The SMILES string of the molecule is O=C(C(CNCCc1ccccc1)c1ccc(OCc2ccccc2)cc1)C(CNCCc1ccccc1)c1ccc(OCc2ccccc2)cc1. The van der Waals surface area contributed by atoms with E-state index >= 15 is 0 Å². The quantitative estimate of drug-likeness (QED) is 0.0785. The molecule has 0 heterocycles. The predicted molar refractivity (Wildman–Crippen MR) is 211 cm³/mol. The third-order valence-corrected chi connectivity index (χ3v) is 9.31. The van der Waals surface area contributed by atoms with Crippen LogP contribution >= 0.6 is 0 Å². The Hall–Kier alpha value is -5.49. The molecule has 52 heavy (non-hydrogen) atoms. The third kappa shape index (κ3) is 11.3. The smallest absolute Gasteiger partial charge is 0.150 e. The van der Waals surface area contributed by atoms with Crippen molar-refractivity contribution in [1.29, 1.82) is 0 Å². The summed E-state index contributed by atoms with van der Waals surface area (Å²) in [4.78, 5) is 14.8. The molecule has 0 aliphatic carbocycles. The normalized spacial score (nSPS) is 12.2. The molecule has 6 aromatic rings. The Kier molecular flexibility index (Phi) is 13.8. The van der Waals surface area contributed by atoms with Crippen molar-refractivity contribution >= 4 is 5.78 Å². The van der Waals surface area contributed by atoms with Crippen LogP contribution in [0.15, 0.2) is 170 Å². The molecule has 0 aromatic heterocycles. The molecule has 0 saturated heterocycles. The standard InChI is InChI=1S/C47H48N2O3/c50-47(45(33-48-31-29-37-13-5-1-6-14-37)41-21-25-43(26-22-41)51-35-39-17-9-3-10-18-39)46(34-49-32-30-38-15-7-2-8-16-38)42-23-27-44(28-24-42)52-36-40-19-11-4-12-20-40/h1-28,45-46,48-49H,29-36H2. The van der Waals surface area contributed by atoms with Crippen LogP contribution in [0.5, 0.6) is 11.5 Å². The van der Waals surface area contributed by atoms with E-state index in [0.717, 1.165) is 59.7 Å². The van der Waals surface area contributed by atoms with Crippen molar-refractivity contribution in [2.45, 2.75) is 37.9 Å². The maximum Gasteiger partial charge on any atom is 0.150 e. The van der Waals surface area contributed by atoms with E-state index in [-0.39, 0.29) is 17.6 Å². The first-order valence-electron chi connectivity index (χ1n) is 18.3. The van der Waals surface area contributed by atoms with Crippen LogP contribution in [0.1, 0.15) is 45.2 Å². The molecule has 0 saturated carbocycles. The number of benzene rings is 6. The summed E-state index contributed by atoms with van der Waals surface area (Å²) >= 11 is 0. The van der Waals surface area contributed by atoms with Crippen LogP contribution in [0.2, 0.25) is 0 Å². The molecule has 2 atom stereocenters. The fourth-order valence-electron chi connectivity index (χ4n) is 6.33. The van der Waals surface area contributed by atoms with Crippen molar-refractivity contribution in [1.82, 2.24) is 10.6 Å². The monoisotopic (exact) mass is 688 g/mol. The van der Waals surface area contributed by atoms with E-state index < -0.39 is 0 Å². The molecule has 0 fully saturated rings. The van der Waals surface area contributed by atoms with Crippen LogP contribution in [0, 0.1) is 0 Å². The van der Waals surface area contributed by atoms with Crippen LogP contribution in [-0.4, -0.2) is 32.0 Å². The molecule has 2 N–H and O–H groups in total. The molecule has 6 rings (SSSR count). The van der Waals surface area contributed by atoms with E-state index in [0.29, 0.717) is 26.3 Å². The molecule has 6 aromatic carbocycles. The van der Waals surface area contributed by atoms with Crippen molar-refractivity contribution in [3.8, 4) is 11.5 Å². The first-order valence-corrected chi connectivity index (χ1v) is 18.3. The molecule has 0 aliphatic heterocycles. The van der Waals surface area contributed by atoms with Crippen molar-refractivity contribution in [2.75, 3.05) is 26.2 Å². The van der Waals surface area contributed by atoms with Gasteiger partial charge in [-0.2, -0.15) is 0 Å². The van der Waals surface area contributed by atoms with Crippen LogP contribution in [-0.2, 0) is 30.8 Å². The summed E-state index contributed by atoms with van der Waals surface area (Å²) < 4.78 is 12.2. The van der Waals surface area contributed by atoms with Gasteiger partial charge in [0.1, 0.15) is 30.5 Å². The van der Waals surface area contributed by atoms with Gasteiger partial charge in [0, 0.05) is 13.1 Å². The number of carbonyl (C=O) groups is 1. The number of Topliss-reactive ketones (excluding diaryl/α,β-unsaturated/α-hetero) is 1. The summed E-state index contributed by atoms with van der Waals surface area (Å²) in [5.74, 6) is 1.03. The zero-order valence-electron chi connectivity index (χ0n) is 29.7. The first kappa shape index (κ1) is 36.3. The van der Waals surface area contributed by atoms with E-state index in [9.17, 15) is 4.79 Å². The summed E-state index contributed by atoms with van der Waals surface area (Å²) in [5, 5.41) is 7.24. The molecule has 2 unspecified atom stereocenters. The van der Waals surface area contributed by atoms with E-state index in [4.69, 9.17) is 9.47 Å². The molecule has 0 aliphatic rings. The maximum atomic E-state index is 14.8. The summed E-state index contributed by atoms with van der Waals surface area (Å²) in [6.45, 7) is 3.61. The molecule has 0 spiro atoms. The van der Waals surface area contributed by atoms with Gasteiger partial charge in [-0.15, -0.1) is 0 Å².